The molecule has 1 unspecified atom stereocenters. The largest absolute Gasteiger partial charge is 0.513 e. The molecule has 2 aromatic rings. The highest BCUT2D eigenvalue weighted by Crippen LogP contribution is 2.45. The molecule has 0 bridgehead atoms. The number of halogens is 5. The first kappa shape index (κ1) is 44.4. The van der Waals surface area contributed by atoms with Crippen molar-refractivity contribution in [2.45, 2.75) is 97.6 Å². The van der Waals surface area contributed by atoms with Crippen molar-refractivity contribution in [3.05, 3.63) is 106 Å². The number of rotatable bonds is 15. The Kier molecular flexibility index (Phi) is 14.9. The molecule has 3 aliphatic rings. The first-order valence-electron chi connectivity index (χ1n) is 19.3. The van der Waals surface area contributed by atoms with Crippen molar-refractivity contribution in [2.75, 3.05) is 33.2 Å². The molecule has 1 amide bonds. The summed E-state index contributed by atoms with van der Waals surface area (Å²) < 4.78 is 70.5. The molecular weight excluding hydrogens is 727 g/mol. The van der Waals surface area contributed by atoms with Crippen LogP contribution in [0, 0.1) is 42.6 Å². The lowest BCUT2D eigenvalue weighted by Crippen LogP contribution is -2.55. The number of allylic oxidation sites excluding steroid dienone is 3. The van der Waals surface area contributed by atoms with E-state index in [0.717, 1.165) is 32.6 Å². The van der Waals surface area contributed by atoms with E-state index < -0.39 is 35.5 Å². The molecule has 12 heteroatoms. The number of aryl methyl sites for hydroxylation is 2. The van der Waals surface area contributed by atoms with Crippen LogP contribution in [0.1, 0.15) is 88.4 Å². The lowest BCUT2D eigenvalue weighted by Gasteiger charge is -2.48. The van der Waals surface area contributed by atoms with Gasteiger partial charge in [-0.05, 0) is 123 Å². The SMILES string of the molecule is C=C(O)CC(NC)c1cc(-c2c(C)cc(F)cc2C)cc(F)c1F.C=C1C(C(=O)N[C@H](C=O)CC(C)C)=CC=C(C(C)(F)F)N1CCCN1CC2(CCCC2)C1. The van der Waals surface area contributed by atoms with Gasteiger partial charge in [0.15, 0.2) is 11.6 Å². The molecule has 1 saturated heterocycles. The van der Waals surface area contributed by atoms with Gasteiger partial charge in [-0.2, -0.15) is 0 Å². The van der Waals surface area contributed by atoms with Crippen LogP contribution in [0.2, 0.25) is 0 Å². The van der Waals surface area contributed by atoms with Crippen molar-refractivity contribution in [2.24, 2.45) is 11.3 Å². The summed E-state index contributed by atoms with van der Waals surface area (Å²) >= 11 is 0. The van der Waals surface area contributed by atoms with E-state index in [1.807, 2.05) is 13.8 Å². The number of aldehydes is 1. The van der Waals surface area contributed by atoms with Crippen molar-refractivity contribution in [3.63, 3.8) is 0 Å². The second-order valence-corrected chi connectivity index (χ2v) is 16.1. The number of nitrogens with one attached hydrogen (secondary N) is 2. The lowest BCUT2D eigenvalue weighted by atomic mass is 9.78. The van der Waals surface area contributed by atoms with E-state index in [-0.39, 0.29) is 46.4 Å². The van der Waals surface area contributed by atoms with Crippen LogP contribution in [-0.2, 0) is 9.59 Å². The third kappa shape index (κ3) is 11.0. The molecule has 56 heavy (non-hydrogen) atoms. The van der Waals surface area contributed by atoms with Gasteiger partial charge in [0.05, 0.1) is 23.1 Å². The third-order valence-electron chi connectivity index (χ3n) is 10.9. The van der Waals surface area contributed by atoms with E-state index in [4.69, 9.17) is 0 Å². The van der Waals surface area contributed by atoms with Crippen molar-refractivity contribution < 1.29 is 36.6 Å². The predicted octanol–water partition coefficient (Wildman–Crippen LogP) is 9.39. The van der Waals surface area contributed by atoms with Gasteiger partial charge in [-0.3, -0.25) is 4.79 Å². The van der Waals surface area contributed by atoms with Gasteiger partial charge in [0.2, 0.25) is 0 Å². The number of hydrogen-bond donors (Lipinski definition) is 3. The minimum Gasteiger partial charge on any atom is -0.513 e. The fraction of sp³-hybridized carbons (Fsp3) is 0.500. The second kappa shape index (κ2) is 18.8. The monoisotopic (exact) mass is 784 g/mol. The number of benzene rings is 2. The first-order valence-corrected chi connectivity index (χ1v) is 19.3. The molecule has 0 aromatic heterocycles. The van der Waals surface area contributed by atoms with E-state index >= 15 is 0 Å². The van der Waals surface area contributed by atoms with Crippen molar-refractivity contribution in [3.8, 4) is 11.1 Å². The van der Waals surface area contributed by atoms with Gasteiger partial charge >= 0.3 is 0 Å². The van der Waals surface area contributed by atoms with Gasteiger partial charge < -0.3 is 30.3 Å². The molecule has 2 heterocycles. The van der Waals surface area contributed by atoms with Gasteiger partial charge in [0.25, 0.3) is 11.8 Å². The summed E-state index contributed by atoms with van der Waals surface area (Å²) in [5.74, 6) is -5.74. The summed E-state index contributed by atoms with van der Waals surface area (Å²) in [7, 11) is 1.59. The van der Waals surface area contributed by atoms with Gasteiger partial charge in [-0.25, -0.2) is 22.0 Å². The summed E-state index contributed by atoms with van der Waals surface area (Å²) in [5.41, 5.74) is 3.32. The Labute approximate surface area is 328 Å². The Morgan fingerprint density at radius 1 is 1.04 bits per heavy atom. The van der Waals surface area contributed by atoms with Crippen LogP contribution in [0.3, 0.4) is 0 Å². The highest BCUT2D eigenvalue weighted by Gasteiger charge is 2.44. The molecule has 0 radical (unpaired) electrons. The van der Waals surface area contributed by atoms with E-state index in [0.29, 0.717) is 53.3 Å². The van der Waals surface area contributed by atoms with Crippen LogP contribution < -0.4 is 10.6 Å². The number of hydrogen-bond acceptors (Lipinski definition) is 6. The summed E-state index contributed by atoms with van der Waals surface area (Å²) in [6.07, 6.45) is 9.95. The highest BCUT2D eigenvalue weighted by molar-refractivity contribution is 5.99. The Morgan fingerprint density at radius 3 is 2.20 bits per heavy atom. The van der Waals surface area contributed by atoms with Gasteiger partial charge in [-0.15, -0.1) is 0 Å². The summed E-state index contributed by atoms with van der Waals surface area (Å²) in [5, 5.41) is 14.9. The average Bonchev–Trinajstić information content (AvgIpc) is 3.58. The fourth-order valence-corrected chi connectivity index (χ4v) is 8.32. The van der Waals surface area contributed by atoms with Gasteiger partial charge in [0.1, 0.15) is 12.1 Å². The third-order valence-corrected chi connectivity index (χ3v) is 10.9. The van der Waals surface area contributed by atoms with Crippen LogP contribution in [0.4, 0.5) is 22.0 Å². The molecule has 2 aliphatic heterocycles. The zero-order valence-corrected chi connectivity index (χ0v) is 33.5. The molecule has 306 valence electrons. The van der Waals surface area contributed by atoms with Crippen LogP contribution in [0.15, 0.2) is 72.3 Å². The Balaban J connectivity index is 0.000000259. The first-order chi connectivity index (χ1) is 26.3. The number of likely N-dealkylation sites (tertiary alicyclic amines) is 1. The number of aliphatic hydroxyl groups excluding tert-OH is 1. The Bertz CT molecular complexity index is 1810. The number of alkyl halides is 2. The van der Waals surface area contributed by atoms with E-state index in [9.17, 15) is 36.6 Å². The minimum absolute atomic E-state index is 0.0533. The standard InChI is InChI=1S/C25H37F2N3O2.C19H20F3NO/c1-18(2)14-20(15-31)28-23(32)21-8-9-22(24(4,26)27)30(19(21)3)13-7-12-29-16-25(17-29)10-5-6-11-25;1-10-5-14(20)6-11(2)18(10)13-8-15(19(22)16(21)9-13)17(23-4)7-12(3)24/h8-9,15,18,20H,3,5-7,10-14,16-17H2,1-2,4H3,(H,28,32);5-6,8-9,17,23-24H,3,7H2,1-2,4H3/t20-;/m0./s1. The number of aliphatic hydroxyl groups is 1. The van der Waals surface area contributed by atoms with Gasteiger partial charge in [-0.1, -0.05) is 39.8 Å². The minimum atomic E-state index is -3.05. The van der Waals surface area contributed by atoms with Crippen LogP contribution in [0.5, 0.6) is 0 Å². The van der Waals surface area contributed by atoms with Crippen LogP contribution >= 0.6 is 0 Å². The van der Waals surface area contributed by atoms with E-state index in [1.165, 1.54) is 60.9 Å². The molecular formula is C44H57F5N4O3. The maximum atomic E-state index is 14.3. The zero-order chi connectivity index (χ0) is 41.5. The molecule has 7 nitrogen and oxygen atoms in total. The van der Waals surface area contributed by atoms with E-state index in [1.54, 1.807) is 20.9 Å². The Hall–Kier alpha value is -4.29. The topological polar surface area (TPSA) is 84.9 Å². The Morgan fingerprint density at radius 2 is 1.66 bits per heavy atom. The molecule has 2 fully saturated rings. The van der Waals surface area contributed by atoms with Gasteiger partial charge in [0, 0.05) is 50.3 Å². The number of amides is 1. The smallest absolute Gasteiger partial charge is 0.285 e. The zero-order valence-electron chi connectivity index (χ0n) is 33.5. The lowest BCUT2D eigenvalue weighted by molar-refractivity contribution is -0.121. The maximum absolute atomic E-state index is 14.3. The van der Waals surface area contributed by atoms with Crippen molar-refractivity contribution in [1.29, 1.82) is 0 Å². The molecule has 1 saturated carbocycles. The molecule has 2 aromatic carbocycles. The normalized spacial score (nSPS) is 17.8. The molecule has 1 spiro atoms. The molecule has 2 atom stereocenters. The maximum Gasteiger partial charge on any atom is 0.285 e. The van der Waals surface area contributed by atoms with Crippen molar-refractivity contribution in [1.82, 2.24) is 20.4 Å². The molecule has 3 N–H and O–H groups in total. The second-order valence-electron chi connectivity index (χ2n) is 16.1. The number of carbonyl (C=O) groups excluding carboxylic acids is 2. The summed E-state index contributed by atoms with van der Waals surface area (Å²) in [4.78, 5) is 28.0. The van der Waals surface area contributed by atoms with Crippen LogP contribution in [0.25, 0.3) is 11.1 Å². The van der Waals surface area contributed by atoms with Crippen LogP contribution in [-0.4, -0.2) is 72.3 Å². The highest BCUT2D eigenvalue weighted by atomic mass is 19.3. The quantitative estimate of drug-likeness (QED) is 0.0949. The summed E-state index contributed by atoms with van der Waals surface area (Å²) in [6.45, 7) is 19.0. The van der Waals surface area contributed by atoms with Crippen molar-refractivity contribution >= 4 is 12.2 Å². The van der Waals surface area contributed by atoms with E-state index in [2.05, 4.69) is 28.7 Å². The average molecular weight is 785 g/mol. The fourth-order valence-electron chi connectivity index (χ4n) is 8.32. The summed E-state index contributed by atoms with van der Waals surface area (Å²) in [6, 6.07) is 4.10. The number of nitrogens with zero attached hydrogens (tertiary/aromatic N) is 2. The predicted molar refractivity (Wildman–Crippen MR) is 211 cm³/mol. The number of carbonyl (C=O) groups is 2. The molecule has 5 rings (SSSR count). The molecule has 1 aliphatic carbocycles.